The molecule has 7 nitrogen and oxygen atoms in total. The fourth-order valence-corrected chi connectivity index (χ4v) is 6.33. The van der Waals surface area contributed by atoms with Crippen molar-refractivity contribution in [2.75, 3.05) is 17.9 Å². The van der Waals surface area contributed by atoms with Crippen LogP contribution in [0.5, 0.6) is 0 Å². The summed E-state index contributed by atoms with van der Waals surface area (Å²) >= 11 is 12.4. The van der Waals surface area contributed by atoms with Gasteiger partial charge in [0.1, 0.15) is 12.6 Å². The molecular weight excluding hydrogens is 593 g/mol. The van der Waals surface area contributed by atoms with E-state index in [0.717, 1.165) is 15.4 Å². The maximum atomic E-state index is 14.3. The molecule has 0 bridgehead atoms. The van der Waals surface area contributed by atoms with Gasteiger partial charge in [0, 0.05) is 20.0 Å². The molecule has 0 spiro atoms. The van der Waals surface area contributed by atoms with Gasteiger partial charge >= 0.3 is 0 Å². The lowest BCUT2D eigenvalue weighted by Crippen LogP contribution is -2.53. The molecule has 0 saturated carbocycles. The van der Waals surface area contributed by atoms with Gasteiger partial charge in [0.25, 0.3) is 10.0 Å². The molecule has 4 aromatic rings. The topological polar surface area (TPSA) is 86.8 Å². The molecule has 0 aromatic heterocycles. The molecule has 0 fully saturated rings. The van der Waals surface area contributed by atoms with E-state index in [1.807, 2.05) is 43.3 Å². The number of likely N-dealkylation sites (N-methyl/N-ethyl adjacent to an activating group) is 1. The van der Waals surface area contributed by atoms with Crippen molar-refractivity contribution in [1.29, 1.82) is 0 Å². The third-order valence-electron chi connectivity index (χ3n) is 6.75. The number of amides is 2. The van der Waals surface area contributed by atoms with Crippen LogP contribution in [0.2, 0.25) is 10.0 Å². The minimum Gasteiger partial charge on any atom is -0.357 e. The van der Waals surface area contributed by atoms with E-state index in [1.165, 1.54) is 24.1 Å². The number of halogens is 2. The fourth-order valence-electron chi connectivity index (χ4n) is 4.59. The lowest BCUT2D eigenvalue weighted by Gasteiger charge is -2.33. The highest BCUT2D eigenvalue weighted by Crippen LogP contribution is 2.27. The van der Waals surface area contributed by atoms with Crippen molar-refractivity contribution in [2.24, 2.45) is 0 Å². The Hall–Kier alpha value is -3.85. The highest BCUT2D eigenvalue weighted by Gasteiger charge is 2.34. The third-order valence-corrected chi connectivity index (χ3v) is 9.28. The number of carbonyl (C=O) groups is 2. The predicted molar refractivity (Wildman–Crippen MR) is 167 cm³/mol. The summed E-state index contributed by atoms with van der Waals surface area (Å²) in [5.41, 5.74) is 2.63. The number of nitrogens with zero attached hydrogens (tertiary/aromatic N) is 2. The van der Waals surface area contributed by atoms with Crippen molar-refractivity contribution in [2.45, 2.75) is 30.8 Å². The Kier molecular flexibility index (Phi) is 10.3. The maximum absolute atomic E-state index is 14.3. The van der Waals surface area contributed by atoms with Gasteiger partial charge in [0.05, 0.1) is 20.6 Å². The molecule has 1 N–H and O–H groups in total. The van der Waals surface area contributed by atoms with Gasteiger partial charge in [0.2, 0.25) is 11.8 Å². The molecule has 0 saturated heterocycles. The molecule has 0 heterocycles. The van der Waals surface area contributed by atoms with Crippen LogP contribution in [0.4, 0.5) is 5.69 Å². The molecule has 1 atom stereocenters. The average molecular weight is 625 g/mol. The van der Waals surface area contributed by atoms with Gasteiger partial charge in [-0.2, -0.15) is 0 Å². The summed E-state index contributed by atoms with van der Waals surface area (Å²) in [5.74, 6) is -0.952. The summed E-state index contributed by atoms with van der Waals surface area (Å²) in [7, 11) is -2.65. The van der Waals surface area contributed by atoms with Crippen molar-refractivity contribution in [3.8, 4) is 0 Å². The Bertz CT molecular complexity index is 1650. The van der Waals surface area contributed by atoms with Crippen LogP contribution in [-0.4, -0.2) is 44.8 Å². The van der Waals surface area contributed by atoms with Crippen molar-refractivity contribution < 1.29 is 18.0 Å². The van der Waals surface area contributed by atoms with Crippen LogP contribution in [0.3, 0.4) is 0 Å². The van der Waals surface area contributed by atoms with E-state index in [4.69, 9.17) is 23.2 Å². The normalized spacial score (nSPS) is 11.9. The molecule has 10 heteroatoms. The van der Waals surface area contributed by atoms with Crippen molar-refractivity contribution in [1.82, 2.24) is 10.2 Å². The second kappa shape index (κ2) is 13.9. The largest absolute Gasteiger partial charge is 0.357 e. The number of carbonyl (C=O) groups excluding carboxylic acids is 2. The zero-order chi connectivity index (χ0) is 30.3. The number of nitrogens with one attached hydrogen (secondary N) is 1. The van der Waals surface area contributed by atoms with Crippen LogP contribution in [0.1, 0.15) is 16.7 Å². The lowest BCUT2D eigenvalue weighted by atomic mass is 10.0. The predicted octanol–water partition coefficient (Wildman–Crippen LogP) is 5.88. The van der Waals surface area contributed by atoms with Crippen LogP contribution in [0.25, 0.3) is 0 Å². The molecule has 4 rings (SSSR count). The maximum Gasteiger partial charge on any atom is 0.264 e. The number of aryl methyl sites for hydroxylation is 1. The van der Waals surface area contributed by atoms with Gasteiger partial charge in [-0.3, -0.25) is 13.9 Å². The van der Waals surface area contributed by atoms with Gasteiger partial charge in [0.15, 0.2) is 0 Å². The quantitative estimate of drug-likeness (QED) is 0.226. The molecule has 42 heavy (non-hydrogen) atoms. The van der Waals surface area contributed by atoms with E-state index >= 15 is 0 Å². The fraction of sp³-hybridized carbons (Fsp3) is 0.188. The van der Waals surface area contributed by atoms with E-state index in [2.05, 4.69) is 5.32 Å². The summed E-state index contributed by atoms with van der Waals surface area (Å²) in [6.45, 7) is 1.30. The number of sulfonamides is 1. The first kappa shape index (κ1) is 31.1. The van der Waals surface area contributed by atoms with E-state index in [0.29, 0.717) is 21.3 Å². The second-order valence-electron chi connectivity index (χ2n) is 9.75. The molecule has 0 radical (unpaired) electrons. The smallest absolute Gasteiger partial charge is 0.264 e. The van der Waals surface area contributed by atoms with Crippen molar-refractivity contribution in [3.05, 3.63) is 130 Å². The van der Waals surface area contributed by atoms with Crippen LogP contribution in [0.15, 0.2) is 108 Å². The van der Waals surface area contributed by atoms with E-state index in [-0.39, 0.29) is 23.8 Å². The molecule has 1 unspecified atom stereocenters. The summed E-state index contributed by atoms with van der Waals surface area (Å²) in [6, 6.07) is 28.2. The summed E-state index contributed by atoms with van der Waals surface area (Å²) in [6.07, 6.45) is 0.212. The Morgan fingerprint density at radius 3 is 2.10 bits per heavy atom. The van der Waals surface area contributed by atoms with Crippen LogP contribution in [0, 0.1) is 6.92 Å². The molecule has 218 valence electrons. The van der Waals surface area contributed by atoms with Crippen molar-refractivity contribution in [3.63, 3.8) is 0 Å². The third kappa shape index (κ3) is 7.50. The molecule has 0 aliphatic rings. The monoisotopic (exact) mass is 623 g/mol. The molecule has 4 aromatic carbocycles. The van der Waals surface area contributed by atoms with Gasteiger partial charge in [-0.05, 0) is 60.0 Å². The molecular formula is C32H31Cl2N3O4S. The first-order chi connectivity index (χ1) is 20.1. The lowest BCUT2D eigenvalue weighted by molar-refractivity contribution is -0.139. The minimum absolute atomic E-state index is 0.00627. The van der Waals surface area contributed by atoms with Crippen LogP contribution < -0.4 is 9.62 Å². The summed E-state index contributed by atoms with van der Waals surface area (Å²) in [4.78, 5) is 29.0. The Balaban J connectivity index is 1.79. The van der Waals surface area contributed by atoms with Crippen LogP contribution in [-0.2, 0) is 32.6 Å². The highest BCUT2D eigenvalue weighted by molar-refractivity contribution is 7.92. The number of benzene rings is 4. The number of hydrogen-bond acceptors (Lipinski definition) is 4. The molecule has 0 aliphatic carbocycles. The number of anilines is 1. The number of hydrogen-bond donors (Lipinski definition) is 1. The first-order valence-electron chi connectivity index (χ1n) is 13.2. The van der Waals surface area contributed by atoms with Gasteiger partial charge in [-0.15, -0.1) is 0 Å². The minimum atomic E-state index is -4.15. The average Bonchev–Trinajstić information content (AvgIpc) is 2.99. The zero-order valence-electron chi connectivity index (χ0n) is 23.2. The van der Waals surface area contributed by atoms with E-state index in [1.54, 1.807) is 54.6 Å². The van der Waals surface area contributed by atoms with E-state index in [9.17, 15) is 18.0 Å². The first-order valence-corrected chi connectivity index (χ1v) is 15.4. The zero-order valence-corrected chi connectivity index (χ0v) is 25.5. The second-order valence-corrected chi connectivity index (χ2v) is 12.4. The molecule has 2 amide bonds. The number of rotatable bonds is 11. The van der Waals surface area contributed by atoms with Crippen molar-refractivity contribution >= 4 is 50.7 Å². The van der Waals surface area contributed by atoms with Gasteiger partial charge in [-0.1, -0.05) is 89.9 Å². The van der Waals surface area contributed by atoms with Gasteiger partial charge in [-0.25, -0.2) is 8.42 Å². The van der Waals surface area contributed by atoms with Gasteiger partial charge < -0.3 is 10.2 Å². The highest BCUT2D eigenvalue weighted by atomic mass is 35.5. The summed E-state index contributed by atoms with van der Waals surface area (Å²) in [5, 5.41) is 3.32. The van der Waals surface area contributed by atoms with Crippen LogP contribution >= 0.6 is 23.2 Å². The Morgan fingerprint density at radius 2 is 1.48 bits per heavy atom. The SMILES string of the molecule is CNC(=O)C(Cc1ccccc1)N(Cc1ccc(Cl)c(Cl)c1)C(=O)CN(c1cccc(C)c1)S(=O)(=O)c1ccccc1. The Morgan fingerprint density at radius 1 is 0.810 bits per heavy atom. The molecule has 0 aliphatic heterocycles. The Labute approximate surface area is 256 Å². The standard InChI is InChI=1S/C32H31Cl2N3O4S/c1-23-10-9-13-26(18-23)37(42(40,41)27-14-7-4-8-15-27)22-31(38)36(21-25-16-17-28(33)29(34)19-25)30(32(39)35-2)20-24-11-5-3-6-12-24/h3-19,30H,20-22H2,1-2H3,(H,35,39). The van der Waals surface area contributed by atoms with E-state index < -0.39 is 28.5 Å². The summed E-state index contributed by atoms with van der Waals surface area (Å²) < 4.78 is 29.0.